The average Bonchev–Trinajstić information content (AvgIpc) is 2.41. The number of rotatable bonds is 5. The van der Waals surface area contributed by atoms with E-state index in [1.807, 2.05) is 0 Å². The fourth-order valence-electron chi connectivity index (χ4n) is 3.68. The lowest BCUT2D eigenvalue weighted by Gasteiger charge is -2.43. The fourth-order valence-corrected chi connectivity index (χ4v) is 3.68. The van der Waals surface area contributed by atoms with E-state index in [-0.39, 0.29) is 6.04 Å². The van der Waals surface area contributed by atoms with Crippen molar-refractivity contribution < 1.29 is 0 Å². The van der Waals surface area contributed by atoms with Crippen LogP contribution < -0.4 is 5.73 Å². The van der Waals surface area contributed by atoms with Gasteiger partial charge in [0.15, 0.2) is 0 Å². The van der Waals surface area contributed by atoms with Gasteiger partial charge in [-0.3, -0.25) is 4.90 Å². The summed E-state index contributed by atoms with van der Waals surface area (Å²) in [7, 11) is 0. The van der Waals surface area contributed by atoms with Gasteiger partial charge in [-0.25, -0.2) is 0 Å². The van der Waals surface area contributed by atoms with Gasteiger partial charge in [0.25, 0.3) is 0 Å². The highest BCUT2D eigenvalue weighted by atomic mass is 15.2. The van der Waals surface area contributed by atoms with E-state index in [4.69, 9.17) is 5.73 Å². The second-order valence-corrected chi connectivity index (χ2v) is 6.39. The second-order valence-electron chi connectivity index (χ2n) is 6.39. The van der Waals surface area contributed by atoms with Gasteiger partial charge < -0.3 is 5.73 Å². The molecule has 0 aromatic heterocycles. The van der Waals surface area contributed by atoms with E-state index in [1.165, 1.54) is 49.8 Å². The maximum Gasteiger partial charge on any atom is 0.0499 e. The van der Waals surface area contributed by atoms with Gasteiger partial charge in [0.05, 0.1) is 0 Å². The molecular weight excluding hydrogens is 244 g/mol. The molecule has 1 saturated heterocycles. The first kappa shape index (κ1) is 15.5. The molecule has 0 saturated carbocycles. The molecule has 0 bridgehead atoms. The van der Waals surface area contributed by atoms with Crippen LogP contribution in [0.3, 0.4) is 0 Å². The summed E-state index contributed by atoms with van der Waals surface area (Å²) in [5.41, 5.74) is 9.09. The molecule has 1 aromatic rings. The predicted molar refractivity (Wildman–Crippen MR) is 86.8 cm³/mol. The van der Waals surface area contributed by atoms with E-state index in [1.54, 1.807) is 0 Å². The van der Waals surface area contributed by atoms with Gasteiger partial charge in [0.1, 0.15) is 0 Å². The van der Waals surface area contributed by atoms with Crippen molar-refractivity contribution in [3.63, 3.8) is 0 Å². The third kappa shape index (κ3) is 3.62. The summed E-state index contributed by atoms with van der Waals surface area (Å²) in [6, 6.07) is 10.1. The van der Waals surface area contributed by atoms with Crippen LogP contribution in [0.1, 0.15) is 63.1 Å². The Balaban J connectivity index is 2.26. The van der Waals surface area contributed by atoms with Crippen LogP contribution in [0.25, 0.3) is 0 Å². The molecule has 0 radical (unpaired) electrons. The fraction of sp³-hybridized carbons (Fsp3) is 0.667. The van der Waals surface area contributed by atoms with Crippen LogP contribution in [-0.4, -0.2) is 23.5 Å². The Kier molecular flexibility index (Phi) is 5.62. The smallest absolute Gasteiger partial charge is 0.0499 e. The minimum absolute atomic E-state index is 0.175. The van der Waals surface area contributed by atoms with Crippen LogP contribution in [0.4, 0.5) is 0 Å². The molecule has 0 amide bonds. The molecule has 1 heterocycles. The van der Waals surface area contributed by atoms with E-state index in [0.29, 0.717) is 12.1 Å². The second kappa shape index (κ2) is 7.24. The molecule has 1 aliphatic heterocycles. The first-order valence-corrected chi connectivity index (χ1v) is 8.21. The quantitative estimate of drug-likeness (QED) is 0.878. The Hall–Kier alpha value is -0.860. The molecular formula is C18H30N2. The molecule has 0 aliphatic carbocycles. The van der Waals surface area contributed by atoms with Gasteiger partial charge in [-0.1, -0.05) is 49.6 Å². The van der Waals surface area contributed by atoms with E-state index in [0.717, 1.165) is 0 Å². The number of aryl methyl sites for hydroxylation is 1. The van der Waals surface area contributed by atoms with Crippen molar-refractivity contribution in [2.45, 2.75) is 71.0 Å². The maximum atomic E-state index is 6.37. The topological polar surface area (TPSA) is 29.3 Å². The minimum Gasteiger partial charge on any atom is -0.326 e. The van der Waals surface area contributed by atoms with Crippen molar-refractivity contribution in [2.75, 3.05) is 6.54 Å². The number of hydrogen-bond donors (Lipinski definition) is 1. The first-order valence-electron chi connectivity index (χ1n) is 8.21. The standard InChI is InChI=1S/C18H30N2/c1-4-8-17-11-5-6-12-20(17)18(15(3)19)16-10-7-9-14(2)13-16/h7,9-10,13,15,17-18H,4-6,8,11-12,19H2,1-3H3. The number of likely N-dealkylation sites (tertiary alicyclic amines) is 1. The van der Waals surface area contributed by atoms with E-state index in [9.17, 15) is 0 Å². The van der Waals surface area contributed by atoms with Crippen molar-refractivity contribution in [1.29, 1.82) is 0 Å². The third-order valence-corrected chi connectivity index (χ3v) is 4.53. The molecule has 0 spiro atoms. The van der Waals surface area contributed by atoms with Gasteiger partial charge in [0, 0.05) is 18.1 Å². The zero-order valence-electron chi connectivity index (χ0n) is 13.3. The van der Waals surface area contributed by atoms with Gasteiger partial charge in [-0.2, -0.15) is 0 Å². The highest BCUT2D eigenvalue weighted by Gasteiger charge is 2.31. The average molecular weight is 274 g/mol. The summed E-state index contributed by atoms with van der Waals surface area (Å²) in [4.78, 5) is 2.69. The van der Waals surface area contributed by atoms with Crippen LogP contribution in [0, 0.1) is 6.92 Å². The van der Waals surface area contributed by atoms with Crippen molar-refractivity contribution >= 4 is 0 Å². The third-order valence-electron chi connectivity index (χ3n) is 4.53. The molecule has 2 nitrogen and oxygen atoms in total. The van der Waals surface area contributed by atoms with Crippen LogP contribution in [0.15, 0.2) is 24.3 Å². The summed E-state index contributed by atoms with van der Waals surface area (Å²) < 4.78 is 0. The monoisotopic (exact) mass is 274 g/mol. The summed E-state index contributed by atoms with van der Waals surface area (Å²) in [6.07, 6.45) is 6.59. The number of piperidine rings is 1. The highest BCUT2D eigenvalue weighted by Crippen LogP contribution is 2.32. The Morgan fingerprint density at radius 3 is 2.80 bits per heavy atom. The van der Waals surface area contributed by atoms with Crippen molar-refractivity contribution in [1.82, 2.24) is 4.90 Å². The maximum absolute atomic E-state index is 6.37. The summed E-state index contributed by atoms with van der Waals surface area (Å²) in [6.45, 7) is 7.82. The SMILES string of the molecule is CCCC1CCCCN1C(c1cccc(C)c1)C(C)N. The summed E-state index contributed by atoms with van der Waals surface area (Å²) in [5.74, 6) is 0. The Morgan fingerprint density at radius 1 is 1.35 bits per heavy atom. The molecule has 112 valence electrons. The highest BCUT2D eigenvalue weighted by molar-refractivity contribution is 5.26. The summed E-state index contributed by atoms with van der Waals surface area (Å²) >= 11 is 0. The molecule has 20 heavy (non-hydrogen) atoms. The van der Waals surface area contributed by atoms with Crippen LogP contribution in [0.5, 0.6) is 0 Å². The summed E-state index contributed by atoms with van der Waals surface area (Å²) in [5, 5.41) is 0. The Bertz CT molecular complexity index is 412. The molecule has 2 N–H and O–H groups in total. The normalized spacial score (nSPS) is 23.5. The molecule has 1 aromatic carbocycles. The zero-order chi connectivity index (χ0) is 14.5. The Labute approximate surface area is 124 Å². The number of hydrogen-bond acceptors (Lipinski definition) is 2. The largest absolute Gasteiger partial charge is 0.326 e. The number of nitrogens with zero attached hydrogens (tertiary/aromatic N) is 1. The van der Waals surface area contributed by atoms with Gasteiger partial charge in [-0.05, 0) is 45.2 Å². The lowest BCUT2D eigenvalue weighted by molar-refractivity contribution is 0.0764. The molecule has 3 unspecified atom stereocenters. The van der Waals surface area contributed by atoms with E-state index < -0.39 is 0 Å². The van der Waals surface area contributed by atoms with Crippen molar-refractivity contribution in [2.24, 2.45) is 5.73 Å². The van der Waals surface area contributed by atoms with Gasteiger partial charge >= 0.3 is 0 Å². The molecule has 2 heteroatoms. The molecule has 1 fully saturated rings. The predicted octanol–water partition coefficient (Wildman–Crippen LogP) is 4.04. The lowest BCUT2D eigenvalue weighted by Crippen LogP contribution is -2.47. The van der Waals surface area contributed by atoms with Crippen molar-refractivity contribution in [3.8, 4) is 0 Å². The van der Waals surface area contributed by atoms with Crippen molar-refractivity contribution in [3.05, 3.63) is 35.4 Å². The van der Waals surface area contributed by atoms with Crippen LogP contribution in [0.2, 0.25) is 0 Å². The Morgan fingerprint density at radius 2 is 2.15 bits per heavy atom. The molecule has 1 aliphatic rings. The first-order chi connectivity index (χ1) is 9.63. The lowest BCUT2D eigenvalue weighted by atomic mass is 9.90. The number of benzene rings is 1. The molecule has 3 atom stereocenters. The van der Waals surface area contributed by atoms with Crippen LogP contribution >= 0.6 is 0 Å². The minimum atomic E-state index is 0.175. The number of nitrogens with two attached hydrogens (primary N) is 1. The van der Waals surface area contributed by atoms with Gasteiger partial charge in [0.2, 0.25) is 0 Å². The van der Waals surface area contributed by atoms with E-state index in [2.05, 4.69) is 49.9 Å². The van der Waals surface area contributed by atoms with Gasteiger partial charge in [-0.15, -0.1) is 0 Å². The molecule has 2 rings (SSSR count). The van der Waals surface area contributed by atoms with E-state index >= 15 is 0 Å². The zero-order valence-corrected chi connectivity index (χ0v) is 13.3. The van der Waals surface area contributed by atoms with Crippen LogP contribution in [-0.2, 0) is 0 Å².